The summed E-state index contributed by atoms with van der Waals surface area (Å²) < 4.78 is 44.4. The second kappa shape index (κ2) is 22.3. The average molecular weight is 1090 g/mol. The van der Waals surface area contributed by atoms with Crippen LogP contribution in [0.25, 0.3) is 49.9 Å². The third-order valence-corrected chi connectivity index (χ3v) is 15.2. The van der Waals surface area contributed by atoms with E-state index in [-0.39, 0.29) is 63.1 Å². The Kier molecular flexibility index (Phi) is 14.9. The predicted molar refractivity (Wildman–Crippen MR) is 289 cm³/mol. The number of benzene rings is 4. The smallest absolute Gasteiger partial charge is 0.407 e. The third kappa shape index (κ3) is 10.7. The lowest BCUT2D eigenvalue weighted by Crippen LogP contribution is -2.55. The van der Waals surface area contributed by atoms with Crippen LogP contribution in [0, 0.1) is 18.7 Å². The number of likely N-dealkylation sites (tertiary alicyclic amines) is 2. The summed E-state index contributed by atoms with van der Waals surface area (Å²) in [7, 11) is 1.58. The fourth-order valence-corrected chi connectivity index (χ4v) is 10.5. The van der Waals surface area contributed by atoms with Crippen LogP contribution in [-0.4, -0.2) is 152 Å². The molecule has 6 heterocycles. The number of carbonyl (C=O) groups is 3. The number of aliphatic hydroxyl groups excluding tert-OH is 2. The number of β-amino-alcohol motifs (C(OH)–C–C–N with tert-alkyl or cyclic N) is 1. The van der Waals surface area contributed by atoms with E-state index >= 15 is 4.39 Å². The van der Waals surface area contributed by atoms with Crippen molar-refractivity contribution in [3.05, 3.63) is 120 Å². The van der Waals surface area contributed by atoms with Crippen molar-refractivity contribution < 1.29 is 53.0 Å². The summed E-state index contributed by atoms with van der Waals surface area (Å²) in [6.07, 6.45) is 5.45. The molecule has 22 nitrogen and oxygen atoms in total. The van der Waals surface area contributed by atoms with E-state index in [0.29, 0.717) is 66.8 Å². The van der Waals surface area contributed by atoms with Crippen molar-refractivity contribution in [2.24, 2.45) is 5.92 Å². The van der Waals surface area contributed by atoms with Gasteiger partial charge in [0.2, 0.25) is 17.7 Å². The van der Waals surface area contributed by atoms with Gasteiger partial charge in [-0.3, -0.25) is 14.7 Å². The van der Waals surface area contributed by atoms with Gasteiger partial charge in [-0.25, -0.2) is 28.5 Å². The number of aliphatic hydroxyl groups is 2. The standard InChI is InChI=1S/C57H61FN12O10/c1-30(2)53(56(74)68-21-38(72)16-47(68)55(73)62-46(25-71)36-12-14-37(15-13-36)70-29-59-28-61-70)69-24-45(65-66-69)35-8-6-33(7-9-35)27-79-54-51(50-32(4)43(58)18-44-42(50)20-60-64-44)40(34-10-11-34)17-41-48(80-39-22-67(23-39)57(75)76)19-49(63-52(41)54)78-26-31(3)77-5/h6-9,12-15,17-20,24,28-31,34,38-39,46-47,53,71-72H,10-11,16,21-23,25-27H2,1-5H3,(H,60,64)(H,62,73)(H,75,76)/t31-,38+,46-,47-,53-/m0/s1. The van der Waals surface area contributed by atoms with Gasteiger partial charge in [0.15, 0.2) is 5.75 Å². The minimum Gasteiger partial charge on any atom is -0.486 e. The summed E-state index contributed by atoms with van der Waals surface area (Å²) in [5.74, 6) is -0.501. The van der Waals surface area contributed by atoms with E-state index < -0.39 is 60.7 Å². The molecule has 8 aromatic rings. The molecule has 3 aliphatic rings. The topological polar surface area (TPSA) is 270 Å². The lowest BCUT2D eigenvalue weighted by Gasteiger charge is -2.37. The number of carboxylic acid groups (broad SMARTS) is 1. The van der Waals surface area contributed by atoms with Gasteiger partial charge in [-0.15, -0.1) is 5.10 Å². The maximum absolute atomic E-state index is 16.0. The number of nitrogens with one attached hydrogen (secondary N) is 2. The molecule has 0 unspecified atom stereocenters. The first-order chi connectivity index (χ1) is 38.7. The number of rotatable bonds is 20. The Balaban J connectivity index is 0.870. The van der Waals surface area contributed by atoms with E-state index in [1.165, 1.54) is 26.9 Å². The normalized spacial score (nSPS) is 17.7. The van der Waals surface area contributed by atoms with Crippen LogP contribution in [0.1, 0.15) is 80.3 Å². The Morgan fingerprint density at radius 1 is 0.963 bits per heavy atom. The highest BCUT2D eigenvalue weighted by molar-refractivity contribution is 6.05. The van der Waals surface area contributed by atoms with Crippen molar-refractivity contribution >= 4 is 39.7 Å². The summed E-state index contributed by atoms with van der Waals surface area (Å²) in [6, 6.07) is 17.1. The number of amides is 3. The first-order valence-electron chi connectivity index (χ1n) is 26.6. The van der Waals surface area contributed by atoms with E-state index in [1.807, 2.05) is 51.1 Å². The maximum Gasteiger partial charge on any atom is 0.407 e. The second-order valence-corrected chi connectivity index (χ2v) is 21.1. The molecular formula is C57H61FN12O10. The summed E-state index contributed by atoms with van der Waals surface area (Å²) in [4.78, 5) is 51.9. The molecule has 23 heteroatoms. The van der Waals surface area contributed by atoms with Crippen LogP contribution in [-0.2, 0) is 20.9 Å². The van der Waals surface area contributed by atoms with Crippen LogP contribution in [0.3, 0.4) is 0 Å². The summed E-state index contributed by atoms with van der Waals surface area (Å²) >= 11 is 0. The summed E-state index contributed by atoms with van der Waals surface area (Å²) in [5.41, 5.74) is 6.85. The Morgan fingerprint density at radius 3 is 2.42 bits per heavy atom. The lowest BCUT2D eigenvalue weighted by atomic mass is 9.88. The van der Waals surface area contributed by atoms with Crippen molar-refractivity contribution in [3.63, 3.8) is 0 Å². The second-order valence-electron chi connectivity index (χ2n) is 21.1. The number of fused-ring (bicyclic) bond motifs is 2. The number of halogens is 1. The fraction of sp³-hybridized carbons (Fsp3) is 0.386. The van der Waals surface area contributed by atoms with Gasteiger partial charge in [-0.05, 0) is 85.0 Å². The number of hydrogen-bond donors (Lipinski definition) is 5. The van der Waals surface area contributed by atoms with Crippen molar-refractivity contribution in [3.8, 4) is 45.5 Å². The highest BCUT2D eigenvalue weighted by Crippen LogP contribution is 2.53. The van der Waals surface area contributed by atoms with Gasteiger partial charge in [0.05, 0.1) is 61.5 Å². The average Bonchev–Trinajstić information content (AvgIpc) is 3.94. The predicted octanol–water partition coefficient (Wildman–Crippen LogP) is 6.68. The Hall–Kier alpha value is -8.54. The molecular weight excluding hydrogens is 1030 g/mol. The third-order valence-electron chi connectivity index (χ3n) is 15.2. The van der Waals surface area contributed by atoms with E-state index in [1.54, 1.807) is 67.8 Å². The van der Waals surface area contributed by atoms with Crippen LogP contribution < -0.4 is 19.5 Å². The number of ether oxygens (including phenoxy) is 4. The highest BCUT2D eigenvalue weighted by atomic mass is 19.1. The molecule has 5 atom stereocenters. The number of nitrogens with zero attached hydrogens (tertiary/aromatic N) is 10. The molecule has 2 aliphatic heterocycles. The van der Waals surface area contributed by atoms with Gasteiger partial charge in [-0.1, -0.05) is 55.5 Å². The SMILES string of the molecule is CO[C@@H](C)COc1cc(OC2CN(C(=O)O)C2)c2cc(C3CC3)c(-c3c(C)c(F)cc4[nH]ncc34)c(OCc3ccc(-c4cn([C@H](C(=O)N5C[C@H](O)C[C@H]5C(=O)N[C@@H](CO)c5ccc(-n6cncn6)cc5)C(C)C)nn4)cc3)c2n1. The van der Waals surface area contributed by atoms with Gasteiger partial charge in [-0.2, -0.15) is 10.2 Å². The minimum atomic E-state index is -1.03. The number of aromatic nitrogens is 9. The molecule has 0 radical (unpaired) electrons. The monoisotopic (exact) mass is 1090 g/mol. The van der Waals surface area contributed by atoms with Crippen LogP contribution >= 0.6 is 0 Å². The number of hydrogen-bond acceptors (Lipinski definition) is 15. The van der Waals surface area contributed by atoms with Crippen molar-refractivity contribution in [1.82, 2.24) is 60.1 Å². The van der Waals surface area contributed by atoms with Crippen LogP contribution in [0.2, 0.25) is 0 Å². The first kappa shape index (κ1) is 53.5. The molecule has 3 amide bonds. The zero-order valence-corrected chi connectivity index (χ0v) is 44.7. The van der Waals surface area contributed by atoms with Gasteiger partial charge < -0.3 is 49.4 Å². The Labute approximate surface area is 458 Å². The lowest BCUT2D eigenvalue weighted by molar-refractivity contribution is -0.142. The molecule has 0 spiro atoms. The largest absolute Gasteiger partial charge is 0.486 e. The van der Waals surface area contributed by atoms with Gasteiger partial charge in [0, 0.05) is 53.6 Å². The molecule has 1 saturated carbocycles. The van der Waals surface area contributed by atoms with E-state index in [0.717, 1.165) is 29.7 Å². The Morgan fingerprint density at radius 2 is 1.74 bits per heavy atom. The van der Waals surface area contributed by atoms with Crippen molar-refractivity contribution in [2.45, 2.75) is 95.9 Å². The van der Waals surface area contributed by atoms with E-state index in [9.17, 15) is 29.7 Å². The zero-order chi connectivity index (χ0) is 55.9. The number of carbonyl (C=O) groups excluding carboxylic acids is 2. The van der Waals surface area contributed by atoms with Crippen molar-refractivity contribution in [1.29, 1.82) is 0 Å². The number of methoxy groups -OCH3 is 1. The van der Waals surface area contributed by atoms with Gasteiger partial charge in [0.1, 0.15) is 66.8 Å². The summed E-state index contributed by atoms with van der Waals surface area (Å²) in [5, 5.41) is 55.3. The fourth-order valence-electron chi connectivity index (χ4n) is 10.5. The zero-order valence-electron chi connectivity index (χ0n) is 44.7. The van der Waals surface area contributed by atoms with Gasteiger partial charge in [0.25, 0.3) is 0 Å². The molecule has 4 aromatic heterocycles. The van der Waals surface area contributed by atoms with Crippen molar-refractivity contribution in [2.75, 3.05) is 40.0 Å². The number of pyridine rings is 1. The molecule has 2 saturated heterocycles. The van der Waals surface area contributed by atoms with Crippen LogP contribution in [0.4, 0.5) is 9.18 Å². The Bertz CT molecular complexity index is 3560. The van der Waals surface area contributed by atoms with Crippen LogP contribution in [0.5, 0.6) is 17.4 Å². The maximum atomic E-state index is 16.0. The number of H-pyrrole nitrogens is 1. The molecule has 4 aromatic carbocycles. The number of aromatic amines is 1. The highest BCUT2D eigenvalue weighted by Gasteiger charge is 2.43. The molecule has 5 N–H and O–H groups in total. The quantitative estimate of drug-likeness (QED) is 0.0532. The molecule has 3 fully saturated rings. The molecule has 11 rings (SSSR count). The molecule has 1 aliphatic carbocycles. The molecule has 80 heavy (non-hydrogen) atoms. The summed E-state index contributed by atoms with van der Waals surface area (Å²) in [6.45, 7) is 7.44. The van der Waals surface area contributed by atoms with E-state index in [2.05, 4.69) is 35.9 Å². The minimum absolute atomic E-state index is 0.0118. The molecule has 416 valence electrons. The van der Waals surface area contributed by atoms with Crippen LogP contribution in [0.15, 0.2) is 91.8 Å². The van der Waals surface area contributed by atoms with Gasteiger partial charge >= 0.3 is 6.09 Å². The van der Waals surface area contributed by atoms with E-state index in [4.69, 9.17) is 23.9 Å². The first-order valence-corrected chi connectivity index (χ1v) is 26.6. The molecule has 0 bridgehead atoms.